The first-order valence-corrected chi connectivity index (χ1v) is 10.3. The molecular formula is C16H14ClN3O3S2. The van der Waals surface area contributed by atoms with Crippen molar-refractivity contribution in [1.29, 1.82) is 0 Å². The lowest BCUT2D eigenvalue weighted by molar-refractivity contribution is 0.414. The van der Waals surface area contributed by atoms with E-state index in [2.05, 4.69) is 10.1 Å². The Bertz CT molecular complexity index is 985. The summed E-state index contributed by atoms with van der Waals surface area (Å²) in [6.45, 7) is 0.767. The monoisotopic (exact) mass is 395 g/mol. The van der Waals surface area contributed by atoms with Crippen LogP contribution in [0.25, 0.3) is 11.5 Å². The third-order valence-electron chi connectivity index (χ3n) is 4.12. The number of nitrogens with zero attached hydrogens (tertiary/aromatic N) is 3. The quantitative estimate of drug-likeness (QED) is 0.674. The molecular weight excluding hydrogens is 382 g/mol. The SMILES string of the molecule is O=S(=O)(c1ccc(Cl)s1)N1CCC(c2noc(-c3ccccc3)n2)C1. The summed E-state index contributed by atoms with van der Waals surface area (Å²) in [6, 6.07) is 12.6. The molecule has 1 saturated heterocycles. The average Bonchev–Trinajstić information content (AvgIpc) is 3.35. The van der Waals surface area contributed by atoms with Gasteiger partial charge in [-0.2, -0.15) is 9.29 Å². The van der Waals surface area contributed by atoms with Gasteiger partial charge in [-0.3, -0.25) is 0 Å². The van der Waals surface area contributed by atoms with E-state index in [4.69, 9.17) is 16.1 Å². The summed E-state index contributed by atoms with van der Waals surface area (Å²) in [5.41, 5.74) is 0.844. The lowest BCUT2D eigenvalue weighted by Crippen LogP contribution is -2.28. The first-order chi connectivity index (χ1) is 12.0. The topological polar surface area (TPSA) is 76.3 Å². The fraction of sp³-hybridized carbons (Fsp3) is 0.250. The minimum Gasteiger partial charge on any atom is -0.334 e. The maximum Gasteiger partial charge on any atom is 0.257 e. The van der Waals surface area contributed by atoms with Crippen LogP contribution in [0, 0.1) is 0 Å². The van der Waals surface area contributed by atoms with Gasteiger partial charge in [0.05, 0.1) is 4.34 Å². The Kier molecular flexibility index (Phi) is 4.36. The second kappa shape index (κ2) is 6.53. The molecule has 3 aromatic rings. The predicted molar refractivity (Wildman–Crippen MR) is 95.2 cm³/mol. The zero-order valence-corrected chi connectivity index (χ0v) is 15.4. The van der Waals surface area contributed by atoms with Crippen LogP contribution in [-0.2, 0) is 10.0 Å². The fourth-order valence-corrected chi connectivity index (χ4v) is 5.96. The number of benzene rings is 1. The third kappa shape index (κ3) is 3.22. The molecule has 2 aromatic heterocycles. The van der Waals surface area contributed by atoms with Crippen LogP contribution in [-0.4, -0.2) is 36.0 Å². The maximum atomic E-state index is 12.7. The number of sulfonamides is 1. The van der Waals surface area contributed by atoms with E-state index in [9.17, 15) is 8.42 Å². The van der Waals surface area contributed by atoms with E-state index in [0.29, 0.717) is 35.6 Å². The molecule has 1 fully saturated rings. The highest BCUT2D eigenvalue weighted by molar-refractivity contribution is 7.91. The number of aromatic nitrogens is 2. The van der Waals surface area contributed by atoms with Gasteiger partial charge in [0.15, 0.2) is 5.82 Å². The average molecular weight is 396 g/mol. The van der Waals surface area contributed by atoms with Crippen molar-refractivity contribution < 1.29 is 12.9 Å². The highest BCUT2D eigenvalue weighted by Crippen LogP contribution is 2.34. The molecule has 1 aliphatic heterocycles. The van der Waals surface area contributed by atoms with Crippen molar-refractivity contribution in [2.45, 2.75) is 16.5 Å². The molecule has 130 valence electrons. The molecule has 1 atom stereocenters. The van der Waals surface area contributed by atoms with Crippen molar-refractivity contribution in [3.05, 3.63) is 52.6 Å². The Morgan fingerprint density at radius 2 is 2.00 bits per heavy atom. The minimum atomic E-state index is -3.52. The van der Waals surface area contributed by atoms with E-state index < -0.39 is 10.0 Å². The van der Waals surface area contributed by atoms with Crippen LogP contribution in [0.4, 0.5) is 0 Å². The molecule has 0 amide bonds. The van der Waals surface area contributed by atoms with Gasteiger partial charge in [0.2, 0.25) is 0 Å². The number of halogens is 1. The van der Waals surface area contributed by atoms with Crippen LogP contribution < -0.4 is 0 Å². The maximum absolute atomic E-state index is 12.7. The van der Waals surface area contributed by atoms with Crippen molar-refractivity contribution in [2.24, 2.45) is 0 Å². The highest BCUT2D eigenvalue weighted by Gasteiger charge is 2.36. The Hall–Kier alpha value is -1.74. The summed E-state index contributed by atoms with van der Waals surface area (Å²) in [7, 11) is -3.52. The first-order valence-electron chi connectivity index (χ1n) is 7.68. The Morgan fingerprint density at radius 3 is 2.72 bits per heavy atom. The molecule has 0 saturated carbocycles. The summed E-state index contributed by atoms with van der Waals surface area (Å²) in [6.07, 6.45) is 0.659. The minimum absolute atomic E-state index is 0.0774. The van der Waals surface area contributed by atoms with E-state index in [-0.39, 0.29) is 10.1 Å². The molecule has 1 aliphatic rings. The van der Waals surface area contributed by atoms with Gasteiger partial charge in [0.25, 0.3) is 15.9 Å². The summed E-state index contributed by atoms with van der Waals surface area (Å²) in [5.74, 6) is 0.911. The van der Waals surface area contributed by atoms with Crippen LogP contribution in [0.1, 0.15) is 18.2 Å². The molecule has 1 unspecified atom stereocenters. The van der Waals surface area contributed by atoms with Crippen molar-refractivity contribution >= 4 is 33.0 Å². The second-order valence-corrected chi connectivity index (χ2v) is 9.61. The van der Waals surface area contributed by atoms with Gasteiger partial charge < -0.3 is 4.52 Å². The molecule has 0 radical (unpaired) electrons. The highest BCUT2D eigenvalue weighted by atomic mass is 35.5. The zero-order chi connectivity index (χ0) is 17.4. The van der Waals surface area contributed by atoms with Gasteiger partial charge in [-0.15, -0.1) is 11.3 Å². The Balaban J connectivity index is 1.52. The summed E-state index contributed by atoms with van der Waals surface area (Å²) < 4.78 is 32.8. The van der Waals surface area contributed by atoms with E-state index in [1.54, 1.807) is 6.07 Å². The smallest absolute Gasteiger partial charge is 0.257 e. The number of hydrogen-bond donors (Lipinski definition) is 0. The van der Waals surface area contributed by atoms with E-state index in [1.807, 2.05) is 30.3 Å². The van der Waals surface area contributed by atoms with Crippen LogP contribution in [0.3, 0.4) is 0 Å². The molecule has 25 heavy (non-hydrogen) atoms. The first kappa shape index (κ1) is 16.7. The van der Waals surface area contributed by atoms with Crippen molar-refractivity contribution in [3.8, 4) is 11.5 Å². The lowest BCUT2D eigenvalue weighted by atomic mass is 10.1. The molecule has 1 aromatic carbocycles. The van der Waals surface area contributed by atoms with Gasteiger partial charge in [-0.1, -0.05) is 35.0 Å². The predicted octanol–water partition coefficient (Wildman–Crippen LogP) is 3.63. The summed E-state index contributed by atoms with van der Waals surface area (Å²) in [4.78, 5) is 4.44. The van der Waals surface area contributed by atoms with Crippen molar-refractivity contribution in [3.63, 3.8) is 0 Å². The molecule has 6 nitrogen and oxygen atoms in total. The number of rotatable bonds is 4. The molecule has 9 heteroatoms. The second-order valence-electron chi connectivity index (χ2n) is 5.73. The van der Waals surface area contributed by atoms with Crippen LogP contribution in [0.15, 0.2) is 51.2 Å². The van der Waals surface area contributed by atoms with E-state index in [0.717, 1.165) is 16.9 Å². The fourth-order valence-electron chi connectivity index (χ4n) is 2.82. The number of hydrogen-bond acceptors (Lipinski definition) is 6. The zero-order valence-electron chi connectivity index (χ0n) is 13.0. The van der Waals surface area contributed by atoms with Gasteiger partial charge in [0.1, 0.15) is 4.21 Å². The molecule has 3 heterocycles. The van der Waals surface area contributed by atoms with Crippen LogP contribution >= 0.6 is 22.9 Å². The van der Waals surface area contributed by atoms with Gasteiger partial charge >= 0.3 is 0 Å². The van der Waals surface area contributed by atoms with Crippen molar-refractivity contribution in [2.75, 3.05) is 13.1 Å². The van der Waals surface area contributed by atoms with Gasteiger partial charge in [-0.25, -0.2) is 8.42 Å². The molecule has 0 aliphatic carbocycles. The lowest BCUT2D eigenvalue weighted by Gasteiger charge is -2.14. The summed E-state index contributed by atoms with van der Waals surface area (Å²) in [5, 5.41) is 4.04. The van der Waals surface area contributed by atoms with Crippen LogP contribution in [0.2, 0.25) is 4.34 Å². The Morgan fingerprint density at radius 1 is 1.20 bits per heavy atom. The van der Waals surface area contributed by atoms with E-state index >= 15 is 0 Å². The molecule has 0 N–H and O–H groups in total. The van der Waals surface area contributed by atoms with Gasteiger partial charge in [-0.05, 0) is 30.7 Å². The van der Waals surface area contributed by atoms with Gasteiger partial charge in [0, 0.05) is 24.6 Å². The van der Waals surface area contributed by atoms with E-state index in [1.165, 1.54) is 10.4 Å². The normalized spacial score (nSPS) is 18.7. The standard InChI is InChI=1S/C16H14ClN3O3S2/c17-13-6-7-14(24-13)25(21,22)20-9-8-12(10-20)15-18-16(23-19-15)11-4-2-1-3-5-11/h1-7,12H,8-10H2. The molecule has 0 bridgehead atoms. The number of thiophene rings is 1. The third-order valence-corrected chi connectivity index (χ3v) is 7.69. The Labute approximate surface area is 154 Å². The van der Waals surface area contributed by atoms with Crippen molar-refractivity contribution in [1.82, 2.24) is 14.4 Å². The summed E-state index contributed by atoms with van der Waals surface area (Å²) >= 11 is 6.93. The van der Waals surface area contributed by atoms with Crippen LogP contribution in [0.5, 0.6) is 0 Å². The molecule has 4 rings (SSSR count). The largest absolute Gasteiger partial charge is 0.334 e. The molecule has 0 spiro atoms.